The third-order valence-corrected chi connectivity index (χ3v) is 4.09. The monoisotopic (exact) mass is 316 g/mol. The van der Waals surface area contributed by atoms with E-state index in [4.69, 9.17) is 11.6 Å². The van der Waals surface area contributed by atoms with E-state index in [1.54, 1.807) is 36.4 Å². The van der Waals surface area contributed by atoms with Crippen LogP contribution >= 0.6 is 11.6 Å². The molecular weight excluding hydrogens is 300 g/mol. The van der Waals surface area contributed by atoms with Crippen molar-refractivity contribution >= 4 is 23.2 Å². The maximum atomic E-state index is 12.5. The fourth-order valence-electron chi connectivity index (χ4n) is 2.64. The molecule has 1 aliphatic rings. The van der Waals surface area contributed by atoms with E-state index in [9.17, 15) is 9.90 Å². The molecule has 0 unspecified atom stereocenters. The SMILES string of the molecule is O=C(c1cccc(Cl)c1)N1CCN(c2ccc(O)cc2)CC1. The fourth-order valence-corrected chi connectivity index (χ4v) is 2.83. The highest BCUT2D eigenvalue weighted by molar-refractivity contribution is 6.30. The van der Waals surface area contributed by atoms with E-state index in [1.165, 1.54) is 0 Å². The van der Waals surface area contributed by atoms with Crippen LogP contribution in [0.25, 0.3) is 0 Å². The Hall–Kier alpha value is -2.20. The van der Waals surface area contributed by atoms with Crippen molar-refractivity contribution in [2.75, 3.05) is 31.1 Å². The van der Waals surface area contributed by atoms with Crippen LogP contribution in [0, 0.1) is 0 Å². The molecule has 114 valence electrons. The number of carbonyl (C=O) groups is 1. The number of hydrogen-bond acceptors (Lipinski definition) is 3. The van der Waals surface area contributed by atoms with Gasteiger partial charge in [0.15, 0.2) is 0 Å². The number of anilines is 1. The Morgan fingerprint density at radius 3 is 2.32 bits per heavy atom. The number of hydrogen-bond donors (Lipinski definition) is 1. The summed E-state index contributed by atoms with van der Waals surface area (Å²) in [5.74, 6) is 0.284. The van der Waals surface area contributed by atoms with Crippen LogP contribution in [-0.4, -0.2) is 42.1 Å². The quantitative estimate of drug-likeness (QED) is 0.926. The van der Waals surface area contributed by atoms with Gasteiger partial charge in [-0.3, -0.25) is 4.79 Å². The molecule has 0 spiro atoms. The second-order valence-electron chi connectivity index (χ2n) is 5.31. The van der Waals surface area contributed by atoms with Crippen LogP contribution in [0.4, 0.5) is 5.69 Å². The lowest BCUT2D eigenvalue weighted by Crippen LogP contribution is -2.48. The van der Waals surface area contributed by atoms with E-state index in [-0.39, 0.29) is 11.7 Å². The molecule has 1 aliphatic heterocycles. The molecule has 0 saturated carbocycles. The number of piperazine rings is 1. The van der Waals surface area contributed by atoms with Gasteiger partial charge in [-0.05, 0) is 42.5 Å². The van der Waals surface area contributed by atoms with Crippen molar-refractivity contribution in [3.8, 4) is 5.75 Å². The molecule has 22 heavy (non-hydrogen) atoms. The van der Waals surface area contributed by atoms with Gasteiger partial charge in [0, 0.05) is 42.5 Å². The van der Waals surface area contributed by atoms with Gasteiger partial charge in [-0.2, -0.15) is 0 Å². The first kappa shape index (κ1) is 14.7. The molecule has 1 saturated heterocycles. The Balaban J connectivity index is 1.64. The average molecular weight is 317 g/mol. The van der Waals surface area contributed by atoms with E-state index in [0.29, 0.717) is 23.7 Å². The van der Waals surface area contributed by atoms with Crippen molar-refractivity contribution < 1.29 is 9.90 Å². The van der Waals surface area contributed by atoms with Gasteiger partial charge in [0.1, 0.15) is 5.75 Å². The van der Waals surface area contributed by atoms with Crippen LogP contribution in [0.15, 0.2) is 48.5 Å². The van der Waals surface area contributed by atoms with E-state index in [0.717, 1.165) is 18.8 Å². The zero-order valence-electron chi connectivity index (χ0n) is 12.1. The predicted molar refractivity (Wildman–Crippen MR) is 87.7 cm³/mol. The van der Waals surface area contributed by atoms with Crippen molar-refractivity contribution in [1.29, 1.82) is 0 Å². The minimum absolute atomic E-state index is 0.0212. The molecule has 1 amide bonds. The summed E-state index contributed by atoms with van der Waals surface area (Å²) in [6.45, 7) is 2.90. The number of phenols is 1. The van der Waals surface area contributed by atoms with Gasteiger partial charge in [0.2, 0.25) is 0 Å². The lowest BCUT2D eigenvalue weighted by molar-refractivity contribution is 0.0747. The third-order valence-electron chi connectivity index (χ3n) is 3.85. The van der Waals surface area contributed by atoms with Crippen molar-refractivity contribution in [3.63, 3.8) is 0 Å². The van der Waals surface area contributed by atoms with Gasteiger partial charge < -0.3 is 14.9 Å². The maximum absolute atomic E-state index is 12.5. The summed E-state index contributed by atoms with van der Waals surface area (Å²) in [7, 11) is 0. The highest BCUT2D eigenvalue weighted by Crippen LogP contribution is 2.20. The van der Waals surface area contributed by atoms with Crippen LogP contribution < -0.4 is 4.90 Å². The summed E-state index contributed by atoms with van der Waals surface area (Å²) >= 11 is 5.94. The van der Waals surface area contributed by atoms with Crippen LogP contribution in [0.3, 0.4) is 0 Å². The molecular formula is C17H17ClN2O2. The molecule has 2 aromatic rings. The summed E-state index contributed by atoms with van der Waals surface area (Å²) in [5.41, 5.74) is 1.69. The summed E-state index contributed by atoms with van der Waals surface area (Å²) in [5, 5.41) is 9.91. The Kier molecular flexibility index (Phi) is 4.20. The zero-order chi connectivity index (χ0) is 15.5. The van der Waals surface area contributed by atoms with Gasteiger partial charge in [0.05, 0.1) is 0 Å². The Morgan fingerprint density at radius 1 is 1.00 bits per heavy atom. The molecule has 5 heteroatoms. The molecule has 0 atom stereocenters. The number of carbonyl (C=O) groups excluding carboxylic acids is 1. The topological polar surface area (TPSA) is 43.8 Å². The van der Waals surface area contributed by atoms with Crippen molar-refractivity contribution in [2.24, 2.45) is 0 Å². The molecule has 0 radical (unpaired) electrons. The standard InChI is InChI=1S/C17H17ClN2O2/c18-14-3-1-2-13(12-14)17(22)20-10-8-19(9-11-20)15-4-6-16(21)7-5-15/h1-7,12,21H,8-11H2. The fraction of sp³-hybridized carbons (Fsp3) is 0.235. The maximum Gasteiger partial charge on any atom is 0.254 e. The van der Waals surface area contributed by atoms with Crippen molar-refractivity contribution in [3.05, 3.63) is 59.1 Å². The number of nitrogens with zero attached hydrogens (tertiary/aromatic N) is 2. The third kappa shape index (κ3) is 3.17. The number of amides is 1. The van der Waals surface area contributed by atoms with Gasteiger partial charge in [-0.1, -0.05) is 17.7 Å². The van der Waals surface area contributed by atoms with Gasteiger partial charge in [-0.15, -0.1) is 0 Å². The Labute approximate surface area is 134 Å². The average Bonchev–Trinajstić information content (AvgIpc) is 2.55. The summed E-state index contributed by atoms with van der Waals surface area (Å²) in [4.78, 5) is 16.5. The first-order valence-corrected chi connectivity index (χ1v) is 7.60. The molecule has 0 aromatic heterocycles. The normalized spacial score (nSPS) is 15.0. The van der Waals surface area contributed by atoms with Gasteiger partial charge >= 0.3 is 0 Å². The molecule has 2 aromatic carbocycles. The van der Waals surface area contributed by atoms with E-state index >= 15 is 0 Å². The van der Waals surface area contributed by atoms with Crippen LogP contribution in [0.2, 0.25) is 5.02 Å². The van der Waals surface area contributed by atoms with Crippen molar-refractivity contribution in [1.82, 2.24) is 4.90 Å². The van der Waals surface area contributed by atoms with E-state index in [1.807, 2.05) is 17.0 Å². The first-order chi connectivity index (χ1) is 10.6. The number of phenolic OH excluding ortho intramolecular Hbond substituents is 1. The molecule has 1 N–H and O–H groups in total. The van der Waals surface area contributed by atoms with Crippen LogP contribution in [0.1, 0.15) is 10.4 Å². The minimum Gasteiger partial charge on any atom is -0.508 e. The predicted octanol–water partition coefficient (Wildman–Crippen LogP) is 3.01. The van der Waals surface area contributed by atoms with Crippen molar-refractivity contribution in [2.45, 2.75) is 0 Å². The molecule has 4 nitrogen and oxygen atoms in total. The number of rotatable bonds is 2. The smallest absolute Gasteiger partial charge is 0.254 e. The number of aromatic hydroxyl groups is 1. The lowest BCUT2D eigenvalue weighted by Gasteiger charge is -2.36. The molecule has 1 heterocycles. The molecule has 0 bridgehead atoms. The van der Waals surface area contributed by atoms with Crippen LogP contribution in [-0.2, 0) is 0 Å². The largest absolute Gasteiger partial charge is 0.508 e. The lowest BCUT2D eigenvalue weighted by atomic mass is 10.1. The first-order valence-electron chi connectivity index (χ1n) is 7.22. The van der Waals surface area contributed by atoms with E-state index in [2.05, 4.69) is 4.90 Å². The summed E-state index contributed by atoms with van der Waals surface area (Å²) in [6.07, 6.45) is 0. The van der Waals surface area contributed by atoms with Gasteiger partial charge in [0.25, 0.3) is 5.91 Å². The Morgan fingerprint density at radius 2 is 1.68 bits per heavy atom. The molecule has 0 aliphatic carbocycles. The van der Waals surface area contributed by atoms with E-state index < -0.39 is 0 Å². The highest BCUT2D eigenvalue weighted by atomic mass is 35.5. The number of halogens is 1. The number of benzene rings is 2. The van der Waals surface area contributed by atoms with Gasteiger partial charge in [-0.25, -0.2) is 0 Å². The molecule has 1 fully saturated rings. The zero-order valence-corrected chi connectivity index (χ0v) is 12.8. The highest BCUT2D eigenvalue weighted by Gasteiger charge is 2.22. The summed E-state index contributed by atoms with van der Waals surface area (Å²) < 4.78 is 0. The second-order valence-corrected chi connectivity index (χ2v) is 5.74. The Bertz CT molecular complexity index is 665. The minimum atomic E-state index is 0.0212. The van der Waals surface area contributed by atoms with Crippen LogP contribution in [0.5, 0.6) is 5.75 Å². The summed E-state index contributed by atoms with van der Waals surface area (Å²) in [6, 6.07) is 14.2. The molecule has 3 rings (SSSR count). The second kappa shape index (κ2) is 6.28.